The summed E-state index contributed by atoms with van der Waals surface area (Å²) in [6, 6.07) is 82.0. The first-order valence-corrected chi connectivity index (χ1v) is 44.5. The second-order valence-electron chi connectivity index (χ2n) is 34.3. The van der Waals surface area contributed by atoms with E-state index in [0.29, 0.717) is 46.4 Å². The molecule has 7 aromatic heterocycles. The molecule has 0 fully saturated rings. The van der Waals surface area contributed by atoms with Crippen molar-refractivity contribution >= 4 is 149 Å². The maximum Gasteiger partial charge on any atom is 0.319 e. The molecule has 0 aliphatic carbocycles. The number of benzene rings is 11. The number of pyridine rings is 4. The third-order valence-electron chi connectivity index (χ3n) is 23.3. The lowest BCUT2D eigenvalue weighted by molar-refractivity contribution is -0.147. The lowest BCUT2D eigenvalue weighted by Crippen LogP contribution is -2.28. The van der Waals surface area contributed by atoms with Crippen molar-refractivity contribution in [3.8, 4) is 86.1 Å². The highest BCUT2D eigenvalue weighted by Crippen LogP contribution is 2.45. The molecule has 0 aliphatic rings. The first-order chi connectivity index (χ1) is 63.7. The SMILES string of the molecule is CC(C)(C(=O)O)c1ccc2cncc(-c3ccc(C#N)c4ccccc34)c2c1.CC(C)(Cc1cc2c(-c3ccc(C#N)cc3)cncc2s1)C(=O)O.CC(C)(Cc1ccc2cncc(-c3ccc(C#N)cc3)c2c1)C(=O)O.CC(C)(Sc1ccc2cnnc(-c3ccc(C#N)c4ccccc34)c2c1)C(=O)O.CC(CC(=O)O)c1cc2cncc(-c3ccc(C#N)c4ccccc34)c2s1. The van der Waals surface area contributed by atoms with E-state index >= 15 is 0 Å². The number of aromatic nitrogens is 6. The third kappa shape index (κ3) is 20.3. The fourth-order valence-corrected chi connectivity index (χ4v) is 19.1. The van der Waals surface area contributed by atoms with Gasteiger partial charge in [0.05, 0.1) is 91.7 Å². The number of carbonyl (C=O) groups is 5. The van der Waals surface area contributed by atoms with Crippen molar-refractivity contribution in [1.29, 1.82) is 26.3 Å². The van der Waals surface area contributed by atoms with Crippen LogP contribution in [-0.2, 0) is 42.2 Å². The van der Waals surface area contributed by atoms with Crippen LogP contribution in [0.5, 0.6) is 0 Å². The van der Waals surface area contributed by atoms with E-state index in [1.807, 2.05) is 220 Å². The lowest BCUT2D eigenvalue weighted by atomic mass is 9.83. The molecule has 24 heteroatoms. The zero-order chi connectivity index (χ0) is 94.8. The Kier molecular flexibility index (Phi) is 27.5. The number of thioether (sulfide) groups is 1. The number of thiophene rings is 2. The highest BCUT2D eigenvalue weighted by molar-refractivity contribution is 8.01. The molecule has 0 aliphatic heterocycles. The molecule has 654 valence electrons. The predicted molar refractivity (Wildman–Crippen MR) is 525 cm³/mol. The number of hydrogen-bond donors (Lipinski definition) is 5. The minimum absolute atomic E-state index is 0.0505. The van der Waals surface area contributed by atoms with Crippen LogP contribution in [0.25, 0.3) is 141 Å². The summed E-state index contributed by atoms with van der Waals surface area (Å²) in [5.74, 6) is -4.19. The minimum atomic E-state index is -0.999. The molecule has 18 aromatic rings. The van der Waals surface area contributed by atoms with Gasteiger partial charge >= 0.3 is 29.8 Å². The first kappa shape index (κ1) is 92.9. The molecule has 0 amide bonds. The lowest BCUT2D eigenvalue weighted by Gasteiger charge is -2.21. The van der Waals surface area contributed by atoms with Gasteiger partial charge in [-0.25, -0.2) is 0 Å². The summed E-state index contributed by atoms with van der Waals surface area (Å²) in [6.45, 7) is 15.6. The Labute approximate surface area is 778 Å². The Bertz CT molecular complexity index is 7890. The standard InChI is InChI=1S/C24H18N2O2.C23H17N3O2S.C22H16N2O2S.C21H18N2O2.C19H16N2O2S/c1-24(2,23(27)28)17-9-7-16-13-26-14-22(21(16)11-17)20-10-8-15(12-25)18-5-3-4-6-19(18)20;1-23(2,22(27)28)29-16-9-7-15-13-25-26-21(20(15)11-16)19-10-8-14(12-24)17-5-3-4-6-18(17)19;1-13(8-21(25)26)20-9-15-11-24-12-19(22(15)27-20)18-7-6-14(10-23)16-4-2-3-5-17(16)18;1-21(2,20(24)25)10-15-5-8-17-12-23-13-19(18(17)9-15)16-6-3-14(11-22)4-7-16;1-19(2,18(22)23)8-14-7-15-16(10-21-11-17(15)24-14)13-5-3-12(9-20)4-6-13/h3-11,13-14H,1-2H3,(H,27,28);3-11,13H,1-2H3,(H,27,28);2-7,9,11-13H,8H2,1H3,(H,25,26);3-9,12-13H,10H2,1-2H3,(H,24,25);3-7,10-11H,8H2,1-2H3,(H,22,23). The number of hydrogen-bond acceptors (Lipinski definition) is 19. The molecule has 18 rings (SSSR count). The Morgan fingerprint density at radius 2 is 0.842 bits per heavy atom. The molecule has 1 atom stereocenters. The molecule has 11 aromatic carbocycles. The molecule has 7 heterocycles. The number of fused-ring (bicyclic) bond motifs is 8. The summed E-state index contributed by atoms with van der Waals surface area (Å²) < 4.78 is 1.18. The smallest absolute Gasteiger partial charge is 0.319 e. The Balaban J connectivity index is 0.000000134. The van der Waals surface area contributed by atoms with Crippen LogP contribution in [0, 0.1) is 67.5 Å². The fraction of sp³-hybridized carbons (Fsp3) is 0.156. The van der Waals surface area contributed by atoms with Gasteiger partial charge in [-0.15, -0.1) is 39.5 Å². The van der Waals surface area contributed by atoms with Gasteiger partial charge in [-0.05, 0) is 201 Å². The summed E-state index contributed by atoms with van der Waals surface area (Å²) in [7, 11) is 0. The van der Waals surface area contributed by atoms with E-state index in [4.69, 9.17) is 15.6 Å². The average Bonchev–Trinajstić information content (AvgIpc) is 1.68. The van der Waals surface area contributed by atoms with Gasteiger partial charge in [0.1, 0.15) is 10.4 Å². The maximum atomic E-state index is 11.7. The fourth-order valence-electron chi connectivity index (χ4n) is 15.6. The van der Waals surface area contributed by atoms with E-state index in [2.05, 4.69) is 66.5 Å². The van der Waals surface area contributed by atoms with Crippen molar-refractivity contribution in [3.05, 3.63) is 329 Å². The molecule has 0 spiro atoms. The molecule has 0 radical (unpaired) electrons. The number of rotatable bonds is 19. The summed E-state index contributed by atoms with van der Waals surface area (Å²) in [6.07, 6.45) is 17.2. The van der Waals surface area contributed by atoms with Gasteiger partial charge in [-0.1, -0.05) is 159 Å². The van der Waals surface area contributed by atoms with Crippen LogP contribution in [0.2, 0.25) is 0 Å². The maximum absolute atomic E-state index is 11.7. The molecule has 5 N–H and O–H groups in total. The Morgan fingerprint density at radius 3 is 1.36 bits per heavy atom. The topological polar surface area (TPSA) is 383 Å². The zero-order valence-electron chi connectivity index (χ0n) is 73.7. The number of carboxylic acids is 5. The second-order valence-corrected chi connectivity index (χ2v) is 38.2. The second kappa shape index (κ2) is 39.4. The largest absolute Gasteiger partial charge is 0.481 e. The third-order valence-corrected chi connectivity index (χ3v) is 27.0. The van der Waals surface area contributed by atoms with E-state index in [0.717, 1.165) is 161 Å². The molecule has 1 unspecified atom stereocenters. The van der Waals surface area contributed by atoms with Crippen molar-refractivity contribution in [2.45, 2.75) is 103 Å². The van der Waals surface area contributed by atoms with Gasteiger partial charge in [-0.3, -0.25) is 43.9 Å². The van der Waals surface area contributed by atoms with Gasteiger partial charge in [0.2, 0.25) is 0 Å². The Morgan fingerprint density at radius 1 is 0.383 bits per heavy atom. The van der Waals surface area contributed by atoms with Crippen LogP contribution < -0.4 is 0 Å². The average molecular weight is 1810 g/mol. The predicted octanol–water partition coefficient (Wildman–Crippen LogP) is 25.0. The molecular formula is C109H85N11O10S3. The van der Waals surface area contributed by atoms with Crippen molar-refractivity contribution in [3.63, 3.8) is 0 Å². The van der Waals surface area contributed by atoms with E-state index in [1.165, 1.54) is 11.8 Å². The summed E-state index contributed by atoms with van der Waals surface area (Å²) in [5, 5.41) is 115. The van der Waals surface area contributed by atoms with Gasteiger partial charge in [0.25, 0.3) is 0 Å². The van der Waals surface area contributed by atoms with Crippen molar-refractivity contribution in [2.24, 2.45) is 10.8 Å². The first-order valence-electron chi connectivity index (χ1n) is 42.1. The van der Waals surface area contributed by atoms with Crippen LogP contribution in [-0.4, -0.2) is 90.3 Å². The van der Waals surface area contributed by atoms with E-state index in [-0.39, 0.29) is 12.3 Å². The summed E-state index contributed by atoms with van der Waals surface area (Å²) in [4.78, 5) is 77.4. The normalized spacial score (nSPS) is 11.5. The summed E-state index contributed by atoms with van der Waals surface area (Å²) in [5.41, 5.74) is 11.6. The van der Waals surface area contributed by atoms with Gasteiger partial charge in [0.15, 0.2) is 0 Å². The van der Waals surface area contributed by atoms with E-state index in [9.17, 15) is 60.2 Å². The number of aliphatic carboxylic acids is 5. The highest BCUT2D eigenvalue weighted by atomic mass is 32.2. The number of nitrogens with zero attached hydrogens (tertiary/aromatic N) is 11. The van der Waals surface area contributed by atoms with E-state index < -0.39 is 50.8 Å². The molecular weight excluding hydrogens is 1720 g/mol. The molecule has 0 bridgehead atoms. The molecule has 133 heavy (non-hydrogen) atoms. The molecule has 0 saturated carbocycles. The van der Waals surface area contributed by atoms with Crippen molar-refractivity contribution < 1.29 is 49.5 Å². The number of carboxylic acid groups (broad SMARTS) is 5. The van der Waals surface area contributed by atoms with Crippen LogP contribution >= 0.6 is 34.4 Å². The zero-order valence-corrected chi connectivity index (χ0v) is 76.1. The van der Waals surface area contributed by atoms with Gasteiger partial charge in [-0.2, -0.15) is 31.4 Å². The van der Waals surface area contributed by atoms with Crippen LogP contribution in [0.3, 0.4) is 0 Å². The molecule has 21 nitrogen and oxygen atoms in total. The van der Waals surface area contributed by atoms with Crippen LogP contribution in [0.15, 0.2) is 285 Å². The highest BCUT2D eigenvalue weighted by Gasteiger charge is 2.33. The molecule has 0 saturated heterocycles. The Hall–Kier alpha value is -16.3. The van der Waals surface area contributed by atoms with E-state index in [1.54, 1.807) is 139 Å². The van der Waals surface area contributed by atoms with Crippen molar-refractivity contribution in [1.82, 2.24) is 30.1 Å². The number of nitriles is 5. The monoisotopic (exact) mass is 1800 g/mol. The van der Waals surface area contributed by atoms with Crippen LogP contribution in [0.4, 0.5) is 0 Å². The summed E-state index contributed by atoms with van der Waals surface area (Å²) >= 11 is 4.49. The minimum Gasteiger partial charge on any atom is -0.481 e. The van der Waals surface area contributed by atoms with Crippen LogP contribution in [0.1, 0.15) is 123 Å². The van der Waals surface area contributed by atoms with Gasteiger partial charge < -0.3 is 25.5 Å². The van der Waals surface area contributed by atoms with Crippen molar-refractivity contribution in [2.75, 3.05) is 0 Å². The van der Waals surface area contributed by atoms with Gasteiger partial charge in [0, 0.05) is 151 Å². The quantitative estimate of drug-likeness (QED) is 0.0469.